The number of piperazine rings is 1. The topological polar surface area (TPSA) is 24.5 Å². The number of rotatable bonds is 4. The summed E-state index contributed by atoms with van der Waals surface area (Å²) in [5, 5.41) is 3.28. The van der Waals surface area contributed by atoms with Gasteiger partial charge in [-0.15, -0.1) is 12.4 Å². The summed E-state index contributed by atoms with van der Waals surface area (Å²) >= 11 is 0. The fraction of sp³-hybridized carbons (Fsp3) is 0.600. The van der Waals surface area contributed by atoms with Crippen molar-refractivity contribution >= 4 is 12.4 Å². The van der Waals surface area contributed by atoms with Gasteiger partial charge in [0.15, 0.2) is 0 Å². The average Bonchev–Trinajstić information content (AvgIpc) is 2.48. The maximum absolute atomic E-state index is 12.8. The van der Waals surface area contributed by atoms with Crippen molar-refractivity contribution in [2.75, 3.05) is 33.3 Å². The van der Waals surface area contributed by atoms with Crippen LogP contribution in [0.15, 0.2) is 18.2 Å². The van der Waals surface area contributed by atoms with Crippen molar-refractivity contribution in [3.05, 3.63) is 29.3 Å². The van der Waals surface area contributed by atoms with Crippen LogP contribution in [0, 0.1) is 0 Å². The summed E-state index contributed by atoms with van der Waals surface area (Å²) in [7, 11) is 1.42. The van der Waals surface area contributed by atoms with Crippen LogP contribution in [0.25, 0.3) is 0 Å². The van der Waals surface area contributed by atoms with Crippen LogP contribution in [0.2, 0.25) is 0 Å². The van der Waals surface area contributed by atoms with Crippen LogP contribution in [-0.4, -0.2) is 38.2 Å². The van der Waals surface area contributed by atoms with Crippen molar-refractivity contribution in [1.82, 2.24) is 10.2 Å². The molecular formula is C15H22ClF3N2O. The van der Waals surface area contributed by atoms with Gasteiger partial charge < -0.3 is 10.1 Å². The molecule has 0 amide bonds. The van der Waals surface area contributed by atoms with Crippen molar-refractivity contribution in [2.24, 2.45) is 0 Å². The highest BCUT2D eigenvalue weighted by molar-refractivity contribution is 5.85. The second kappa shape index (κ2) is 8.04. The molecule has 1 saturated heterocycles. The Morgan fingerprint density at radius 1 is 1.27 bits per heavy atom. The first-order valence-electron chi connectivity index (χ1n) is 7.17. The number of nitrogens with zero attached hydrogens (tertiary/aromatic N) is 1. The van der Waals surface area contributed by atoms with Gasteiger partial charge >= 0.3 is 6.18 Å². The molecule has 7 heteroatoms. The van der Waals surface area contributed by atoms with E-state index in [2.05, 4.69) is 10.2 Å². The zero-order valence-electron chi connectivity index (χ0n) is 12.7. The number of alkyl halides is 3. The number of methoxy groups -OCH3 is 1. The molecule has 126 valence electrons. The molecule has 3 nitrogen and oxygen atoms in total. The van der Waals surface area contributed by atoms with E-state index in [1.807, 2.05) is 6.92 Å². The van der Waals surface area contributed by atoms with E-state index in [0.717, 1.165) is 50.3 Å². The maximum Gasteiger partial charge on any atom is 0.416 e. The summed E-state index contributed by atoms with van der Waals surface area (Å²) in [6.07, 6.45) is -3.51. The van der Waals surface area contributed by atoms with Gasteiger partial charge in [0.1, 0.15) is 5.75 Å². The van der Waals surface area contributed by atoms with Crippen LogP contribution in [0.3, 0.4) is 0 Å². The molecule has 1 aromatic carbocycles. The zero-order chi connectivity index (χ0) is 15.5. The first-order chi connectivity index (χ1) is 9.97. The predicted molar refractivity (Wildman–Crippen MR) is 82.7 cm³/mol. The fourth-order valence-electron chi connectivity index (χ4n) is 2.83. The van der Waals surface area contributed by atoms with Crippen LogP contribution >= 0.6 is 12.4 Å². The van der Waals surface area contributed by atoms with Crippen LogP contribution in [0.4, 0.5) is 13.2 Å². The Kier molecular flexibility index (Phi) is 6.97. The van der Waals surface area contributed by atoms with Crippen molar-refractivity contribution in [2.45, 2.75) is 25.6 Å². The zero-order valence-corrected chi connectivity index (χ0v) is 13.6. The molecule has 22 heavy (non-hydrogen) atoms. The standard InChI is InChI=1S/C15H21F3N2O.ClH/c1-3-13(20-8-6-19-7-9-20)12-5-4-11(15(16,17)18)10-14(12)21-2;/h4-5,10,13,19H,3,6-9H2,1-2H3;1H/t13-;/m1./s1. The van der Waals surface area contributed by atoms with Gasteiger partial charge in [-0.2, -0.15) is 13.2 Å². The molecule has 0 aromatic heterocycles. The van der Waals surface area contributed by atoms with E-state index in [4.69, 9.17) is 4.74 Å². The largest absolute Gasteiger partial charge is 0.496 e. The summed E-state index contributed by atoms with van der Waals surface area (Å²) in [6, 6.07) is 3.88. The molecule has 0 unspecified atom stereocenters. The average molecular weight is 339 g/mol. The Balaban J connectivity index is 0.00000242. The first-order valence-corrected chi connectivity index (χ1v) is 7.17. The number of hydrogen-bond acceptors (Lipinski definition) is 3. The van der Waals surface area contributed by atoms with Crippen LogP contribution in [0.1, 0.15) is 30.5 Å². The van der Waals surface area contributed by atoms with E-state index >= 15 is 0 Å². The quantitative estimate of drug-likeness (QED) is 0.909. The molecule has 1 aromatic rings. The monoisotopic (exact) mass is 338 g/mol. The number of ether oxygens (including phenoxy) is 1. The third kappa shape index (κ3) is 4.27. The Hall–Kier alpha value is -0.980. The SMILES string of the molecule is CC[C@H](c1ccc(C(F)(F)F)cc1OC)N1CCNCC1.Cl. The molecule has 1 aliphatic heterocycles. The lowest BCUT2D eigenvalue weighted by Crippen LogP contribution is -2.45. The van der Waals surface area contributed by atoms with E-state index in [-0.39, 0.29) is 18.4 Å². The van der Waals surface area contributed by atoms with Crippen LogP contribution in [0.5, 0.6) is 5.75 Å². The van der Waals surface area contributed by atoms with Gasteiger partial charge in [-0.05, 0) is 18.6 Å². The summed E-state index contributed by atoms with van der Waals surface area (Å²) in [5.41, 5.74) is 0.160. The van der Waals surface area contributed by atoms with E-state index in [1.54, 1.807) is 6.07 Å². The van der Waals surface area contributed by atoms with E-state index in [9.17, 15) is 13.2 Å². The Bertz CT molecular complexity index is 476. The Morgan fingerprint density at radius 2 is 1.91 bits per heavy atom. The molecule has 0 spiro atoms. The van der Waals surface area contributed by atoms with Gasteiger partial charge in [-0.25, -0.2) is 0 Å². The number of nitrogens with one attached hydrogen (secondary N) is 1. The Labute approximate surface area is 135 Å². The molecule has 0 bridgehead atoms. The van der Waals surface area contributed by atoms with Gasteiger partial charge in [-0.1, -0.05) is 13.0 Å². The van der Waals surface area contributed by atoms with Crippen LogP contribution in [-0.2, 0) is 6.18 Å². The summed E-state index contributed by atoms with van der Waals surface area (Å²) in [5.74, 6) is 0.315. The molecule has 0 aliphatic carbocycles. The Morgan fingerprint density at radius 3 is 2.41 bits per heavy atom. The van der Waals surface area contributed by atoms with Crippen LogP contribution < -0.4 is 10.1 Å². The van der Waals surface area contributed by atoms with Gasteiger partial charge in [0, 0.05) is 37.8 Å². The molecule has 1 fully saturated rings. The minimum atomic E-state index is -4.34. The number of halogens is 4. The third-order valence-electron chi connectivity index (χ3n) is 3.90. The molecular weight excluding hydrogens is 317 g/mol. The molecule has 1 heterocycles. The minimum absolute atomic E-state index is 0. The summed E-state index contributed by atoms with van der Waals surface area (Å²) in [4.78, 5) is 2.29. The normalized spacial score (nSPS) is 17.7. The van der Waals surface area contributed by atoms with Gasteiger partial charge in [0.25, 0.3) is 0 Å². The lowest BCUT2D eigenvalue weighted by atomic mass is 9.99. The second-order valence-electron chi connectivity index (χ2n) is 5.16. The van der Waals surface area contributed by atoms with Gasteiger partial charge in [0.05, 0.1) is 12.7 Å². The fourth-order valence-corrected chi connectivity index (χ4v) is 2.83. The molecule has 1 aliphatic rings. The van der Waals surface area contributed by atoms with Crippen molar-refractivity contribution in [3.63, 3.8) is 0 Å². The lowest BCUT2D eigenvalue weighted by Gasteiger charge is -2.35. The highest BCUT2D eigenvalue weighted by Gasteiger charge is 2.32. The van der Waals surface area contributed by atoms with Crippen molar-refractivity contribution < 1.29 is 17.9 Å². The lowest BCUT2D eigenvalue weighted by molar-refractivity contribution is -0.137. The second-order valence-corrected chi connectivity index (χ2v) is 5.16. The third-order valence-corrected chi connectivity index (χ3v) is 3.90. The highest BCUT2D eigenvalue weighted by atomic mass is 35.5. The number of hydrogen-bond donors (Lipinski definition) is 1. The molecule has 0 saturated carbocycles. The number of benzene rings is 1. The van der Waals surface area contributed by atoms with Gasteiger partial charge in [0.2, 0.25) is 0 Å². The smallest absolute Gasteiger partial charge is 0.416 e. The van der Waals surface area contributed by atoms with Crippen molar-refractivity contribution in [1.29, 1.82) is 0 Å². The molecule has 1 N–H and O–H groups in total. The van der Waals surface area contributed by atoms with E-state index in [1.165, 1.54) is 7.11 Å². The molecule has 2 rings (SSSR count). The van der Waals surface area contributed by atoms with E-state index in [0.29, 0.717) is 5.75 Å². The highest BCUT2D eigenvalue weighted by Crippen LogP contribution is 2.37. The van der Waals surface area contributed by atoms with Gasteiger partial charge in [-0.3, -0.25) is 4.90 Å². The molecule has 0 radical (unpaired) electrons. The van der Waals surface area contributed by atoms with E-state index < -0.39 is 11.7 Å². The maximum atomic E-state index is 12.8. The van der Waals surface area contributed by atoms with Crippen molar-refractivity contribution in [3.8, 4) is 5.75 Å². The predicted octanol–water partition coefficient (Wildman–Crippen LogP) is 3.49. The summed E-state index contributed by atoms with van der Waals surface area (Å²) < 4.78 is 43.6. The molecule has 1 atom stereocenters. The summed E-state index contributed by atoms with van der Waals surface area (Å²) in [6.45, 7) is 5.63. The minimum Gasteiger partial charge on any atom is -0.496 e. The first kappa shape index (κ1) is 19.1.